The molecule has 1 aliphatic heterocycles. The van der Waals surface area contributed by atoms with E-state index >= 15 is 0 Å². The van der Waals surface area contributed by atoms with Crippen molar-refractivity contribution in [3.05, 3.63) is 29.8 Å². The Bertz CT molecular complexity index is 405. The third-order valence-electron chi connectivity index (χ3n) is 3.03. The van der Waals surface area contributed by atoms with Crippen molar-refractivity contribution >= 4 is 11.6 Å². The minimum Gasteiger partial charge on any atom is -0.399 e. The first-order chi connectivity index (χ1) is 8.15. The van der Waals surface area contributed by atoms with E-state index in [1.807, 2.05) is 29.2 Å². The number of nitrogens with zero attached hydrogens (tertiary/aromatic N) is 1. The van der Waals surface area contributed by atoms with Crippen molar-refractivity contribution in [2.24, 2.45) is 0 Å². The van der Waals surface area contributed by atoms with Gasteiger partial charge in [0, 0.05) is 31.4 Å². The number of hydrogen-bond acceptors (Lipinski definition) is 3. The molecule has 1 amide bonds. The standard InChI is InChI=1S/C13H19N3O/c1-10-9-16(6-5-15-10)13(17)8-11-3-2-4-12(14)7-11/h2-4,7,10,15H,5-6,8-9,14H2,1H3. The second kappa shape index (κ2) is 5.19. The van der Waals surface area contributed by atoms with Crippen LogP contribution >= 0.6 is 0 Å². The highest BCUT2D eigenvalue weighted by Crippen LogP contribution is 2.09. The number of anilines is 1. The summed E-state index contributed by atoms with van der Waals surface area (Å²) in [5.74, 6) is 0.184. The van der Waals surface area contributed by atoms with Crippen LogP contribution in [-0.2, 0) is 11.2 Å². The molecule has 0 spiro atoms. The van der Waals surface area contributed by atoms with Crippen LogP contribution in [-0.4, -0.2) is 36.5 Å². The Morgan fingerprint density at radius 3 is 3.12 bits per heavy atom. The number of nitrogen functional groups attached to an aromatic ring is 1. The Balaban J connectivity index is 1.96. The number of carbonyl (C=O) groups excluding carboxylic acids is 1. The zero-order valence-electron chi connectivity index (χ0n) is 10.1. The molecule has 17 heavy (non-hydrogen) atoms. The molecule has 92 valence electrons. The zero-order valence-corrected chi connectivity index (χ0v) is 10.1. The Hall–Kier alpha value is -1.55. The number of hydrogen-bond donors (Lipinski definition) is 2. The van der Waals surface area contributed by atoms with Crippen molar-refractivity contribution in [3.8, 4) is 0 Å². The fraction of sp³-hybridized carbons (Fsp3) is 0.462. The highest BCUT2D eigenvalue weighted by Gasteiger charge is 2.20. The third kappa shape index (κ3) is 3.20. The van der Waals surface area contributed by atoms with Gasteiger partial charge in [-0.1, -0.05) is 12.1 Å². The summed E-state index contributed by atoms with van der Waals surface area (Å²) in [4.78, 5) is 14.0. The molecule has 1 fully saturated rings. The Kier molecular flexibility index (Phi) is 3.64. The fourth-order valence-electron chi connectivity index (χ4n) is 2.15. The first kappa shape index (κ1) is 11.9. The molecule has 1 atom stereocenters. The number of nitrogens with two attached hydrogens (primary N) is 1. The van der Waals surface area contributed by atoms with Crippen LogP contribution in [0.15, 0.2) is 24.3 Å². The van der Waals surface area contributed by atoms with Crippen LogP contribution < -0.4 is 11.1 Å². The molecule has 2 rings (SSSR count). The molecule has 4 heteroatoms. The monoisotopic (exact) mass is 233 g/mol. The number of carbonyl (C=O) groups is 1. The summed E-state index contributed by atoms with van der Waals surface area (Å²) < 4.78 is 0. The first-order valence-corrected chi connectivity index (χ1v) is 6.01. The van der Waals surface area contributed by atoms with Gasteiger partial charge >= 0.3 is 0 Å². The molecule has 4 nitrogen and oxygen atoms in total. The molecule has 0 aliphatic carbocycles. The van der Waals surface area contributed by atoms with Gasteiger partial charge in [-0.05, 0) is 24.6 Å². The molecule has 1 unspecified atom stereocenters. The van der Waals surface area contributed by atoms with Crippen LogP contribution in [0.3, 0.4) is 0 Å². The summed E-state index contributed by atoms with van der Waals surface area (Å²) in [5, 5.41) is 3.33. The van der Waals surface area contributed by atoms with Crippen LogP contribution in [0.2, 0.25) is 0 Å². The lowest BCUT2D eigenvalue weighted by Gasteiger charge is -2.32. The van der Waals surface area contributed by atoms with E-state index < -0.39 is 0 Å². The lowest BCUT2D eigenvalue weighted by atomic mass is 10.1. The molecular formula is C13H19N3O. The van der Waals surface area contributed by atoms with Gasteiger partial charge in [-0.15, -0.1) is 0 Å². The van der Waals surface area contributed by atoms with Gasteiger partial charge in [0.05, 0.1) is 6.42 Å². The molecule has 1 aliphatic rings. The predicted molar refractivity (Wildman–Crippen MR) is 68.6 cm³/mol. The average Bonchev–Trinajstić information content (AvgIpc) is 2.29. The van der Waals surface area contributed by atoms with Crippen LogP contribution in [0.1, 0.15) is 12.5 Å². The summed E-state index contributed by atoms with van der Waals surface area (Å²) in [6.45, 7) is 4.57. The maximum Gasteiger partial charge on any atom is 0.227 e. The molecule has 1 aromatic rings. The molecule has 1 aromatic carbocycles. The maximum atomic E-state index is 12.1. The Morgan fingerprint density at radius 1 is 1.59 bits per heavy atom. The lowest BCUT2D eigenvalue weighted by molar-refractivity contribution is -0.131. The fourth-order valence-corrected chi connectivity index (χ4v) is 2.15. The van der Waals surface area contributed by atoms with Crippen molar-refractivity contribution in [1.82, 2.24) is 10.2 Å². The normalized spacial score (nSPS) is 20.3. The van der Waals surface area contributed by atoms with Crippen LogP contribution in [0.25, 0.3) is 0 Å². The van der Waals surface area contributed by atoms with E-state index in [0.29, 0.717) is 18.2 Å². The van der Waals surface area contributed by atoms with Gasteiger partial charge in [0.15, 0.2) is 0 Å². The maximum absolute atomic E-state index is 12.1. The molecular weight excluding hydrogens is 214 g/mol. The molecule has 0 saturated carbocycles. The number of amides is 1. The average molecular weight is 233 g/mol. The minimum absolute atomic E-state index is 0.184. The molecule has 1 saturated heterocycles. The number of nitrogens with one attached hydrogen (secondary N) is 1. The predicted octanol–water partition coefficient (Wildman–Crippen LogP) is 0.632. The second-order valence-electron chi connectivity index (χ2n) is 4.62. The molecule has 0 bridgehead atoms. The van der Waals surface area contributed by atoms with Gasteiger partial charge in [-0.3, -0.25) is 4.79 Å². The van der Waals surface area contributed by atoms with Gasteiger partial charge < -0.3 is 16.0 Å². The summed E-state index contributed by atoms with van der Waals surface area (Å²) in [6.07, 6.45) is 0.442. The van der Waals surface area contributed by atoms with Gasteiger partial charge in [-0.25, -0.2) is 0 Å². The van der Waals surface area contributed by atoms with Crippen LogP contribution in [0.4, 0.5) is 5.69 Å². The van der Waals surface area contributed by atoms with Crippen molar-refractivity contribution < 1.29 is 4.79 Å². The molecule has 3 N–H and O–H groups in total. The molecule has 0 radical (unpaired) electrons. The summed E-state index contributed by atoms with van der Waals surface area (Å²) in [6, 6.07) is 7.91. The summed E-state index contributed by atoms with van der Waals surface area (Å²) >= 11 is 0. The quantitative estimate of drug-likeness (QED) is 0.737. The van der Waals surface area contributed by atoms with Gasteiger partial charge in [0.25, 0.3) is 0 Å². The Morgan fingerprint density at radius 2 is 2.41 bits per heavy atom. The Labute approximate surface area is 102 Å². The summed E-state index contributed by atoms with van der Waals surface area (Å²) in [5.41, 5.74) is 7.40. The smallest absolute Gasteiger partial charge is 0.227 e. The van der Waals surface area contributed by atoms with Crippen molar-refractivity contribution in [1.29, 1.82) is 0 Å². The van der Waals surface area contributed by atoms with Crippen LogP contribution in [0.5, 0.6) is 0 Å². The summed E-state index contributed by atoms with van der Waals surface area (Å²) in [7, 11) is 0. The number of benzene rings is 1. The van der Waals surface area contributed by atoms with Gasteiger partial charge in [0.1, 0.15) is 0 Å². The van der Waals surface area contributed by atoms with Crippen molar-refractivity contribution in [2.45, 2.75) is 19.4 Å². The van der Waals surface area contributed by atoms with Crippen molar-refractivity contribution in [2.75, 3.05) is 25.4 Å². The van der Waals surface area contributed by atoms with Crippen molar-refractivity contribution in [3.63, 3.8) is 0 Å². The van der Waals surface area contributed by atoms with E-state index in [1.165, 1.54) is 0 Å². The lowest BCUT2D eigenvalue weighted by Crippen LogP contribution is -2.51. The minimum atomic E-state index is 0.184. The van der Waals surface area contributed by atoms with E-state index in [2.05, 4.69) is 12.2 Å². The molecule has 1 heterocycles. The van der Waals surface area contributed by atoms with Gasteiger partial charge in [0.2, 0.25) is 5.91 Å². The highest BCUT2D eigenvalue weighted by molar-refractivity contribution is 5.79. The third-order valence-corrected chi connectivity index (χ3v) is 3.03. The SMILES string of the molecule is CC1CN(C(=O)Cc2cccc(N)c2)CCN1. The highest BCUT2D eigenvalue weighted by atomic mass is 16.2. The van der Waals surface area contributed by atoms with E-state index in [9.17, 15) is 4.79 Å². The van der Waals surface area contributed by atoms with E-state index in [0.717, 1.165) is 25.2 Å². The largest absolute Gasteiger partial charge is 0.399 e. The topological polar surface area (TPSA) is 58.4 Å². The van der Waals surface area contributed by atoms with Gasteiger partial charge in [-0.2, -0.15) is 0 Å². The molecule has 0 aromatic heterocycles. The van der Waals surface area contributed by atoms with E-state index in [1.54, 1.807) is 0 Å². The van der Waals surface area contributed by atoms with E-state index in [4.69, 9.17) is 5.73 Å². The number of rotatable bonds is 2. The zero-order chi connectivity index (χ0) is 12.3. The van der Waals surface area contributed by atoms with E-state index in [-0.39, 0.29) is 5.91 Å². The van der Waals surface area contributed by atoms with Crippen LogP contribution in [0, 0.1) is 0 Å². The number of piperazine rings is 1. The second-order valence-corrected chi connectivity index (χ2v) is 4.62. The first-order valence-electron chi connectivity index (χ1n) is 6.01.